The van der Waals surface area contributed by atoms with Gasteiger partial charge in [0.2, 0.25) is 0 Å². The molecule has 0 N–H and O–H groups in total. The molecule has 2 heteroatoms. The topological polar surface area (TPSA) is 9.23 Å². The molecule has 1 rings (SSSR count). The molecule has 0 fully saturated rings. The van der Waals surface area contributed by atoms with E-state index < -0.39 is 0 Å². The highest BCUT2D eigenvalue weighted by Gasteiger charge is 1.88. The van der Waals surface area contributed by atoms with Crippen LogP contribution >= 0.6 is 12.2 Å². The van der Waals surface area contributed by atoms with Crippen molar-refractivity contribution in [2.24, 2.45) is 0 Å². The maximum absolute atomic E-state index is 4.94. The van der Waals surface area contributed by atoms with Gasteiger partial charge in [-0.3, -0.25) is 0 Å². The molecule has 0 bridgehead atoms. The number of thiocarbonyl (C=S) groups is 1. The van der Waals surface area contributed by atoms with Crippen molar-refractivity contribution >= 4 is 17.8 Å². The molecule has 51 valence electrons. The van der Waals surface area contributed by atoms with Gasteiger partial charge in [0.1, 0.15) is 5.75 Å². The Bertz CT molecular complexity index is 232. The fourth-order valence-corrected chi connectivity index (χ4v) is 0.785. The van der Waals surface area contributed by atoms with Gasteiger partial charge in [-0.2, -0.15) is 0 Å². The van der Waals surface area contributed by atoms with Crippen LogP contribution in [0.3, 0.4) is 0 Å². The Morgan fingerprint density at radius 1 is 1.50 bits per heavy atom. The third kappa shape index (κ3) is 1.81. The van der Waals surface area contributed by atoms with Gasteiger partial charge in [-0.05, 0) is 36.8 Å². The van der Waals surface area contributed by atoms with Crippen molar-refractivity contribution in [3.05, 3.63) is 36.8 Å². The third-order valence-electron chi connectivity index (χ3n) is 1.08. The van der Waals surface area contributed by atoms with E-state index in [0.29, 0.717) is 0 Å². The number of hydrogen-bond acceptors (Lipinski definition) is 2. The number of ether oxygens (including phenoxy) is 1. The van der Waals surface area contributed by atoms with Gasteiger partial charge in [0.15, 0.2) is 5.55 Å². The van der Waals surface area contributed by atoms with E-state index in [1.807, 2.05) is 24.3 Å². The normalized spacial score (nSPS) is 8.90. The Labute approximate surface area is 65.6 Å². The molecule has 0 saturated heterocycles. The summed E-state index contributed by atoms with van der Waals surface area (Å²) in [5.41, 5.74) is 2.16. The van der Waals surface area contributed by atoms with Crippen LogP contribution in [0.5, 0.6) is 5.75 Å². The zero-order chi connectivity index (χ0) is 7.40. The van der Waals surface area contributed by atoms with E-state index in [4.69, 9.17) is 4.74 Å². The van der Waals surface area contributed by atoms with E-state index in [0.717, 1.165) is 11.3 Å². The van der Waals surface area contributed by atoms with Crippen LogP contribution in [0.15, 0.2) is 24.3 Å². The van der Waals surface area contributed by atoms with E-state index in [1.165, 1.54) is 5.55 Å². The molecule has 0 aliphatic rings. The maximum atomic E-state index is 4.94. The second-order valence-electron chi connectivity index (χ2n) is 1.86. The van der Waals surface area contributed by atoms with E-state index in [9.17, 15) is 0 Å². The van der Waals surface area contributed by atoms with Crippen LogP contribution in [0.25, 0.3) is 0 Å². The molecule has 1 aromatic rings. The van der Waals surface area contributed by atoms with Crippen molar-refractivity contribution in [3.8, 4) is 5.75 Å². The maximum Gasteiger partial charge on any atom is 0.154 e. The van der Waals surface area contributed by atoms with E-state index in [1.54, 1.807) is 0 Å². The van der Waals surface area contributed by atoms with E-state index in [2.05, 4.69) is 19.1 Å². The Morgan fingerprint density at radius 2 is 2.30 bits per heavy atom. The van der Waals surface area contributed by atoms with Crippen LogP contribution in [0.2, 0.25) is 0 Å². The van der Waals surface area contributed by atoms with Gasteiger partial charge < -0.3 is 4.74 Å². The molecular weight excluding hydrogens is 144 g/mol. The lowest BCUT2D eigenvalue weighted by atomic mass is 10.2. The SMILES string of the molecule is [CH2]c1cccc(OC=S)c1. The molecule has 1 nitrogen and oxygen atoms in total. The van der Waals surface area contributed by atoms with Gasteiger partial charge in [0.05, 0.1) is 0 Å². The first kappa shape index (κ1) is 7.22. The highest BCUT2D eigenvalue weighted by molar-refractivity contribution is 7.78. The molecule has 0 aliphatic carbocycles. The molecule has 0 saturated carbocycles. The Morgan fingerprint density at radius 3 is 2.90 bits per heavy atom. The lowest BCUT2D eigenvalue weighted by molar-refractivity contribution is 0.586. The summed E-state index contributed by atoms with van der Waals surface area (Å²) >= 11 is 4.51. The first-order valence-electron chi connectivity index (χ1n) is 2.85. The third-order valence-corrected chi connectivity index (χ3v) is 1.18. The second-order valence-corrected chi connectivity index (χ2v) is 2.05. The van der Waals surface area contributed by atoms with Crippen molar-refractivity contribution in [3.63, 3.8) is 0 Å². The summed E-state index contributed by atoms with van der Waals surface area (Å²) in [4.78, 5) is 0. The standard InChI is InChI=1S/C8H7OS/c1-7-3-2-4-8(5-7)9-6-10/h2-6H,1H2. The largest absolute Gasteiger partial charge is 0.454 e. The highest BCUT2D eigenvalue weighted by Crippen LogP contribution is 2.10. The predicted molar refractivity (Wildman–Crippen MR) is 45.2 cm³/mol. The summed E-state index contributed by atoms with van der Waals surface area (Å²) in [6.07, 6.45) is 0. The Hall–Kier alpha value is -0.890. The summed E-state index contributed by atoms with van der Waals surface area (Å²) in [7, 11) is 0. The van der Waals surface area contributed by atoms with Gasteiger partial charge in [-0.25, -0.2) is 0 Å². The molecule has 0 atom stereocenters. The molecule has 0 aliphatic heterocycles. The van der Waals surface area contributed by atoms with Crippen molar-refractivity contribution in [2.75, 3.05) is 0 Å². The van der Waals surface area contributed by atoms with Crippen molar-refractivity contribution in [2.45, 2.75) is 0 Å². The van der Waals surface area contributed by atoms with Crippen LogP contribution in [-0.2, 0) is 0 Å². The monoisotopic (exact) mass is 151 g/mol. The fraction of sp³-hybridized carbons (Fsp3) is 0. The van der Waals surface area contributed by atoms with E-state index >= 15 is 0 Å². The molecule has 0 aromatic heterocycles. The zero-order valence-corrected chi connectivity index (χ0v) is 6.23. The quantitative estimate of drug-likeness (QED) is 0.599. The molecule has 0 heterocycles. The van der Waals surface area contributed by atoms with Crippen molar-refractivity contribution < 1.29 is 4.74 Å². The van der Waals surface area contributed by atoms with Crippen LogP contribution < -0.4 is 4.74 Å². The predicted octanol–water partition coefficient (Wildman–Crippen LogP) is 2.20. The smallest absolute Gasteiger partial charge is 0.154 e. The number of benzene rings is 1. The highest BCUT2D eigenvalue weighted by atomic mass is 32.1. The van der Waals surface area contributed by atoms with Crippen LogP contribution in [0.4, 0.5) is 0 Å². The van der Waals surface area contributed by atoms with Gasteiger partial charge >= 0.3 is 0 Å². The summed E-state index contributed by atoms with van der Waals surface area (Å²) < 4.78 is 4.94. The molecule has 0 spiro atoms. The van der Waals surface area contributed by atoms with Crippen LogP contribution in [0.1, 0.15) is 5.56 Å². The summed E-state index contributed by atoms with van der Waals surface area (Å²) in [6.45, 7) is 3.74. The minimum absolute atomic E-state index is 0.738. The Balaban J connectivity index is 2.84. The van der Waals surface area contributed by atoms with Crippen LogP contribution in [-0.4, -0.2) is 5.55 Å². The fourth-order valence-electron chi connectivity index (χ4n) is 0.674. The molecule has 1 aromatic carbocycles. The summed E-state index contributed by atoms with van der Waals surface area (Å²) in [5, 5.41) is 0. The lowest BCUT2D eigenvalue weighted by Crippen LogP contribution is -1.85. The molecule has 0 unspecified atom stereocenters. The van der Waals surface area contributed by atoms with Gasteiger partial charge in [0.25, 0.3) is 0 Å². The summed E-state index contributed by atoms with van der Waals surface area (Å²) in [6, 6.07) is 7.42. The van der Waals surface area contributed by atoms with Crippen LogP contribution in [0, 0.1) is 6.92 Å². The first-order chi connectivity index (χ1) is 4.83. The lowest BCUT2D eigenvalue weighted by Gasteiger charge is -1.97. The summed E-state index contributed by atoms with van der Waals surface area (Å²) in [5.74, 6) is 0.738. The molecule has 0 amide bonds. The minimum Gasteiger partial charge on any atom is -0.454 e. The van der Waals surface area contributed by atoms with Crippen molar-refractivity contribution in [1.82, 2.24) is 0 Å². The Kier molecular flexibility index (Phi) is 2.40. The number of hydrogen-bond donors (Lipinski definition) is 0. The average Bonchev–Trinajstić information content (AvgIpc) is 1.88. The van der Waals surface area contributed by atoms with Gasteiger partial charge in [-0.1, -0.05) is 12.1 Å². The second kappa shape index (κ2) is 3.32. The van der Waals surface area contributed by atoms with E-state index in [-0.39, 0.29) is 0 Å². The van der Waals surface area contributed by atoms with Crippen molar-refractivity contribution in [1.29, 1.82) is 0 Å². The molecule has 1 radical (unpaired) electrons. The average molecular weight is 151 g/mol. The molecule has 10 heavy (non-hydrogen) atoms. The first-order valence-corrected chi connectivity index (χ1v) is 3.32. The van der Waals surface area contributed by atoms with Gasteiger partial charge in [0, 0.05) is 0 Å². The zero-order valence-electron chi connectivity index (χ0n) is 5.41. The number of rotatable bonds is 2. The van der Waals surface area contributed by atoms with Gasteiger partial charge in [-0.15, -0.1) is 0 Å². The molecular formula is C8H7OS. The minimum atomic E-state index is 0.738.